The van der Waals surface area contributed by atoms with Gasteiger partial charge in [-0.15, -0.1) is 0 Å². The van der Waals surface area contributed by atoms with Crippen LogP contribution in [0.5, 0.6) is 0 Å². The van der Waals surface area contributed by atoms with E-state index in [1.165, 1.54) is 6.20 Å². The molecule has 0 saturated carbocycles. The normalized spacial score (nSPS) is 16.7. The van der Waals surface area contributed by atoms with Gasteiger partial charge in [-0.1, -0.05) is 38.6 Å². The van der Waals surface area contributed by atoms with Crippen LogP contribution >= 0.6 is 0 Å². The van der Waals surface area contributed by atoms with Crippen molar-refractivity contribution in [2.75, 3.05) is 19.8 Å². The Balaban J connectivity index is 1.68. The summed E-state index contributed by atoms with van der Waals surface area (Å²) in [4.78, 5) is 58.3. The first kappa shape index (κ1) is 29.9. The van der Waals surface area contributed by atoms with Crippen molar-refractivity contribution in [2.24, 2.45) is 23.5 Å². The molecule has 0 bridgehead atoms. The van der Waals surface area contributed by atoms with E-state index in [1.807, 2.05) is 38.1 Å². The summed E-state index contributed by atoms with van der Waals surface area (Å²) in [6.07, 6.45) is 3.43. The fraction of sp³-hybridized carbons (Fsp3) is 0.500. The van der Waals surface area contributed by atoms with Crippen molar-refractivity contribution in [1.82, 2.24) is 15.2 Å². The third-order valence-electron chi connectivity index (χ3n) is 7.46. The third kappa shape index (κ3) is 7.94. The first-order valence-corrected chi connectivity index (χ1v) is 13.6. The highest BCUT2D eigenvalue weighted by Gasteiger charge is 2.39. The molecule has 1 aliphatic rings. The summed E-state index contributed by atoms with van der Waals surface area (Å²) < 4.78 is 13.2. The van der Waals surface area contributed by atoms with E-state index in [2.05, 4.69) is 16.9 Å². The van der Waals surface area contributed by atoms with Crippen LogP contribution in [0.15, 0.2) is 48.9 Å². The van der Waals surface area contributed by atoms with Crippen molar-refractivity contribution < 1.29 is 23.6 Å². The van der Waals surface area contributed by atoms with E-state index >= 15 is 0 Å². The molecule has 1 fully saturated rings. The molecule has 3 atom stereocenters. The predicted octanol–water partition coefficient (Wildman–Crippen LogP) is 3.98. The van der Waals surface area contributed by atoms with Crippen LogP contribution in [0, 0.1) is 17.8 Å². The fourth-order valence-electron chi connectivity index (χ4n) is 5.19. The highest BCUT2D eigenvalue weighted by Crippen LogP contribution is 2.29. The average molecular weight is 539 g/mol. The minimum atomic E-state index is -1.14. The molecule has 0 aliphatic carbocycles. The monoisotopic (exact) mass is 538 g/mol. The predicted molar refractivity (Wildman–Crippen MR) is 148 cm³/mol. The largest absolute Gasteiger partial charge is 0.386 e. The van der Waals surface area contributed by atoms with Gasteiger partial charge in [-0.05, 0) is 43.7 Å². The minimum Gasteiger partial charge on any atom is -0.386 e. The van der Waals surface area contributed by atoms with Gasteiger partial charge in [0.15, 0.2) is 17.3 Å². The number of aromatic nitrogens is 1. The van der Waals surface area contributed by atoms with Crippen LogP contribution in [0.3, 0.4) is 0 Å². The molecule has 1 amide bonds. The maximum atomic E-state index is 13.7. The summed E-state index contributed by atoms with van der Waals surface area (Å²) in [6, 6.07) is 8.63. The summed E-state index contributed by atoms with van der Waals surface area (Å²) >= 11 is 0. The van der Waals surface area contributed by atoms with E-state index in [0.717, 1.165) is 10.9 Å². The van der Waals surface area contributed by atoms with E-state index < -0.39 is 30.3 Å². The fourth-order valence-corrected chi connectivity index (χ4v) is 5.19. The van der Waals surface area contributed by atoms with Crippen LogP contribution in [0.2, 0.25) is 0 Å². The zero-order valence-corrected chi connectivity index (χ0v) is 22.8. The van der Waals surface area contributed by atoms with Gasteiger partial charge in [0.2, 0.25) is 5.91 Å². The number of alkyl halides is 1. The van der Waals surface area contributed by atoms with Gasteiger partial charge >= 0.3 is 0 Å². The lowest BCUT2D eigenvalue weighted by atomic mass is 9.86. The zero-order chi connectivity index (χ0) is 28.5. The first-order chi connectivity index (χ1) is 18.6. The molecule has 0 unspecified atom stereocenters. The van der Waals surface area contributed by atoms with Crippen LogP contribution in [0.4, 0.5) is 4.39 Å². The van der Waals surface area contributed by atoms with E-state index in [1.54, 1.807) is 11.0 Å². The number of carbonyl (C=O) groups is 4. The molecule has 8 nitrogen and oxygen atoms in total. The molecule has 1 aliphatic heterocycles. The Bertz CT molecular complexity index is 1210. The second kappa shape index (κ2) is 14.0. The summed E-state index contributed by atoms with van der Waals surface area (Å²) in [7, 11) is 0. The van der Waals surface area contributed by atoms with Crippen LogP contribution in [-0.2, 0) is 14.4 Å². The molecule has 2 heterocycles. The van der Waals surface area contributed by atoms with E-state index in [0.29, 0.717) is 50.2 Å². The second-order valence-electron chi connectivity index (χ2n) is 10.6. The Morgan fingerprint density at radius 1 is 1.21 bits per heavy atom. The van der Waals surface area contributed by atoms with Crippen LogP contribution in [0.25, 0.3) is 10.9 Å². The number of pyridine rings is 1. The number of carbonyl (C=O) groups excluding carboxylic acids is 4. The third-order valence-corrected chi connectivity index (χ3v) is 7.46. The van der Waals surface area contributed by atoms with Gasteiger partial charge in [-0.2, -0.15) is 0 Å². The number of ketones is 3. The Labute approximate surface area is 229 Å². The molecule has 39 heavy (non-hydrogen) atoms. The number of likely N-dealkylation sites (tertiary alicyclic amines) is 1. The Morgan fingerprint density at radius 3 is 2.64 bits per heavy atom. The van der Waals surface area contributed by atoms with E-state index in [4.69, 9.17) is 5.73 Å². The van der Waals surface area contributed by atoms with Crippen LogP contribution in [0.1, 0.15) is 62.7 Å². The number of para-hydroxylation sites is 1. The Kier molecular flexibility index (Phi) is 10.7. The number of fused-ring (bicyclic) bond motifs is 1. The minimum absolute atomic E-state index is 0.0102. The highest BCUT2D eigenvalue weighted by molar-refractivity contribution is 6.01. The van der Waals surface area contributed by atoms with Crippen molar-refractivity contribution in [1.29, 1.82) is 0 Å². The number of rotatable bonds is 15. The van der Waals surface area contributed by atoms with Crippen molar-refractivity contribution in [2.45, 2.75) is 58.4 Å². The molecule has 1 aromatic carbocycles. The van der Waals surface area contributed by atoms with Crippen molar-refractivity contribution in [3.8, 4) is 0 Å². The number of halogens is 1. The second-order valence-corrected chi connectivity index (χ2v) is 10.6. The number of nitrogens with zero attached hydrogens (tertiary/aromatic N) is 2. The highest BCUT2D eigenvalue weighted by atomic mass is 19.1. The topological polar surface area (TPSA) is 122 Å². The molecule has 2 aromatic rings. The SMILES string of the molecule is C=C(N)NCCC[C@H](CC(=O)[C@@H]1CCCN1C(=O)[C@@H](CC(=O)c1cnc2ccccc2c1)C(C)C)C(=O)CF. The van der Waals surface area contributed by atoms with Gasteiger partial charge in [0.05, 0.1) is 17.4 Å². The molecule has 0 spiro atoms. The summed E-state index contributed by atoms with van der Waals surface area (Å²) in [5.41, 5.74) is 6.72. The maximum absolute atomic E-state index is 13.7. The Hall–Kier alpha value is -3.62. The summed E-state index contributed by atoms with van der Waals surface area (Å²) in [5.74, 6) is -2.44. The number of nitrogens with two attached hydrogens (primary N) is 1. The van der Waals surface area contributed by atoms with Gasteiger partial charge in [0, 0.05) is 54.9 Å². The van der Waals surface area contributed by atoms with Gasteiger partial charge in [0.1, 0.15) is 6.67 Å². The van der Waals surface area contributed by atoms with Crippen molar-refractivity contribution in [3.05, 3.63) is 54.5 Å². The summed E-state index contributed by atoms with van der Waals surface area (Å²) in [6.45, 7) is 7.06. The molecular formula is C30H39FN4O4. The van der Waals surface area contributed by atoms with Crippen LogP contribution in [-0.4, -0.2) is 58.9 Å². The Morgan fingerprint density at radius 2 is 1.95 bits per heavy atom. The standard InChI is InChI=1S/C30H39FN4O4/c1-19(2)24(16-27(36)23-14-21-8-4-5-10-25(21)34-18-23)30(39)35-13-7-11-26(35)28(37)15-22(29(38)17-31)9-6-12-33-20(3)32/h4-5,8,10,14,18-19,22,24,26,33H,3,6-7,9,11-13,15-17,32H2,1-2H3/t22-,24+,26+/m1/s1. The number of benzene rings is 1. The molecule has 1 aromatic heterocycles. The van der Waals surface area contributed by atoms with Crippen molar-refractivity contribution >= 4 is 34.2 Å². The lowest BCUT2D eigenvalue weighted by Crippen LogP contribution is -2.45. The maximum Gasteiger partial charge on any atom is 0.227 e. The van der Waals surface area contributed by atoms with Crippen LogP contribution < -0.4 is 11.1 Å². The lowest BCUT2D eigenvalue weighted by molar-refractivity contribution is -0.142. The number of nitrogens with one attached hydrogen (secondary N) is 1. The number of hydrogen-bond acceptors (Lipinski definition) is 7. The molecule has 1 saturated heterocycles. The molecule has 210 valence electrons. The zero-order valence-electron chi connectivity index (χ0n) is 22.8. The lowest BCUT2D eigenvalue weighted by Gasteiger charge is -2.30. The number of amides is 1. The van der Waals surface area contributed by atoms with E-state index in [-0.39, 0.29) is 36.2 Å². The number of hydrogen-bond donors (Lipinski definition) is 2. The smallest absolute Gasteiger partial charge is 0.227 e. The van der Waals surface area contributed by atoms with Gasteiger partial charge in [-0.3, -0.25) is 24.2 Å². The first-order valence-electron chi connectivity index (χ1n) is 13.6. The molecule has 3 N–H and O–H groups in total. The van der Waals surface area contributed by atoms with Crippen molar-refractivity contribution in [3.63, 3.8) is 0 Å². The molecule has 3 rings (SSSR count). The quantitative estimate of drug-likeness (QED) is 0.260. The molecule has 0 radical (unpaired) electrons. The van der Waals surface area contributed by atoms with Gasteiger partial charge < -0.3 is 16.0 Å². The van der Waals surface area contributed by atoms with Gasteiger partial charge in [0.25, 0.3) is 0 Å². The van der Waals surface area contributed by atoms with E-state index in [9.17, 15) is 23.6 Å². The number of Topliss-reactive ketones (excluding diaryl/α,β-unsaturated/α-hetero) is 3. The molecular weight excluding hydrogens is 499 g/mol. The van der Waals surface area contributed by atoms with Gasteiger partial charge in [-0.25, -0.2) is 4.39 Å². The average Bonchev–Trinajstić information content (AvgIpc) is 3.42. The summed E-state index contributed by atoms with van der Waals surface area (Å²) in [5, 5.41) is 3.71. The molecule has 9 heteroatoms.